The van der Waals surface area contributed by atoms with Gasteiger partial charge in [0, 0.05) is 37.5 Å². The molecule has 2 aliphatic heterocycles. The Morgan fingerprint density at radius 1 is 1.24 bits per heavy atom. The van der Waals surface area contributed by atoms with E-state index in [9.17, 15) is 0 Å². The lowest BCUT2D eigenvalue weighted by molar-refractivity contribution is 0.0157. The molecule has 2 fully saturated rings. The minimum atomic E-state index is 0.474. The monoisotopic (exact) mass is 306 g/mol. The third-order valence-corrected chi connectivity index (χ3v) is 5.65. The summed E-state index contributed by atoms with van der Waals surface area (Å²) in [6, 6.07) is 12.1. The Bertz CT molecular complexity index is 403. The van der Waals surface area contributed by atoms with Crippen LogP contribution in [0.2, 0.25) is 0 Å². The largest absolute Gasteiger partial charge is 0.379 e. The number of morpholine rings is 1. The van der Waals surface area contributed by atoms with Crippen LogP contribution in [-0.2, 0) is 4.74 Å². The molecule has 116 valence electrons. The molecule has 1 aromatic rings. The van der Waals surface area contributed by atoms with Crippen molar-refractivity contribution >= 4 is 11.8 Å². The Labute approximate surface area is 132 Å². The van der Waals surface area contributed by atoms with Gasteiger partial charge in [-0.25, -0.2) is 0 Å². The van der Waals surface area contributed by atoms with Crippen LogP contribution in [0.3, 0.4) is 0 Å². The molecule has 4 heteroatoms. The number of thioether (sulfide) groups is 1. The first-order valence-corrected chi connectivity index (χ1v) is 9.27. The second-order valence-electron chi connectivity index (χ2n) is 5.90. The van der Waals surface area contributed by atoms with Crippen LogP contribution in [0, 0.1) is 0 Å². The van der Waals surface area contributed by atoms with Crippen LogP contribution in [0.5, 0.6) is 0 Å². The minimum absolute atomic E-state index is 0.474. The molecule has 0 aliphatic carbocycles. The van der Waals surface area contributed by atoms with Crippen LogP contribution in [0.15, 0.2) is 30.3 Å². The highest BCUT2D eigenvalue weighted by atomic mass is 32.2. The zero-order valence-electron chi connectivity index (χ0n) is 12.7. The van der Waals surface area contributed by atoms with Crippen LogP contribution in [-0.4, -0.2) is 55.3 Å². The van der Waals surface area contributed by atoms with E-state index in [0.29, 0.717) is 12.1 Å². The van der Waals surface area contributed by atoms with Crippen molar-refractivity contribution in [3.05, 3.63) is 35.9 Å². The molecule has 2 atom stereocenters. The van der Waals surface area contributed by atoms with Crippen molar-refractivity contribution in [1.29, 1.82) is 0 Å². The van der Waals surface area contributed by atoms with Gasteiger partial charge < -0.3 is 10.1 Å². The first kappa shape index (κ1) is 15.3. The third-order valence-electron chi connectivity index (χ3n) is 4.43. The Hall–Kier alpha value is -0.550. The third kappa shape index (κ3) is 4.46. The van der Waals surface area contributed by atoms with E-state index < -0.39 is 0 Å². The smallest absolute Gasteiger partial charge is 0.0594 e. The summed E-state index contributed by atoms with van der Waals surface area (Å²) in [7, 11) is 0. The lowest BCUT2D eigenvalue weighted by Crippen LogP contribution is -2.45. The van der Waals surface area contributed by atoms with Gasteiger partial charge in [-0.15, -0.1) is 0 Å². The molecule has 2 heterocycles. The molecule has 0 saturated carbocycles. The van der Waals surface area contributed by atoms with Gasteiger partial charge in [-0.3, -0.25) is 4.90 Å². The summed E-state index contributed by atoms with van der Waals surface area (Å²) in [4.78, 5) is 2.57. The van der Waals surface area contributed by atoms with Crippen LogP contribution >= 0.6 is 11.8 Å². The summed E-state index contributed by atoms with van der Waals surface area (Å²) >= 11 is 2.09. The molecule has 2 aliphatic rings. The Kier molecular flexibility index (Phi) is 5.98. The van der Waals surface area contributed by atoms with Gasteiger partial charge >= 0.3 is 0 Å². The number of ether oxygens (including phenoxy) is 1. The standard InChI is InChI=1S/C17H26N2OS/c1-2-5-15(6-3-1)17(19-8-10-20-11-9-19)13-18-16-7-4-12-21-14-16/h1-3,5-6,16-18H,4,7-14H2/t16-,17+/m0/s1. The first-order valence-electron chi connectivity index (χ1n) is 8.11. The average Bonchev–Trinajstić information content (AvgIpc) is 2.58. The highest BCUT2D eigenvalue weighted by molar-refractivity contribution is 7.99. The number of nitrogens with one attached hydrogen (secondary N) is 1. The average molecular weight is 306 g/mol. The maximum atomic E-state index is 5.51. The van der Waals surface area contributed by atoms with E-state index in [1.807, 2.05) is 0 Å². The van der Waals surface area contributed by atoms with Crippen LogP contribution in [0.25, 0.3) is 0 Å². The van der Waals surface area contributed by atoms with Crippen molar-refractivity contribution in [2.24, 2.45) is 0 Å². The second kappa shape index (κ2) is 8.18. The molecular formula is C17H26N2OS. The fourth-order valence-corrected chi connectivity index (χ4v) is 4.31. The van der Waals surface area contributed by atoms with Crippen LogP contribution in [0.4, 0.5) is 0 Å². The molecule has 0 aromatic heterocycles. The SMILES string of the molecule is c1ccc([C@@H](CN[C@H]2CCCSC2)N2CCOCC2)cc1. The van der Waals surface area contributed by atoms with Crippen molar-refractivity contribution in [2.75, 3.05) is 44.4 Å². The highest BCUT2D eigenvalue weighted by Crippen LogP contribution is 2.23. The van der Waals surface area contributed by atoms with E-state index in [0.717, 1.165) is 32.8 Å². The number of nitrogens with zero attached hydrogens (tertiary/aromatic N) is 1. The van der Waals surface area contributed by atoms with Gasteiger partial charge in [-0.1, -0.05) is 30.3 Å². The predicted octanol–water partition coefficient (Wildman–Crippen LogP) is 2.55. The summed E-state index contributed by atoms with van der Waals surface area (Å²) in [5.74, 6) is 2.61. The van der Waals surface area contributed by atoms with Crippen LogP contribution < -0.4 is 5.32 Å². The Morgan fingerprint density at radius 3 is 2.76 bits per heavy atom. The summed E-state index contributed by atoms with van der Waals surface area (Å²) in [5.41, 5.74) is 1.43. The van der Waals surface area contributed by atoms with Gasteiger partial charge in [0.2, 0.25) is 0 Å². The normalized spacial score (nSPS) is 25.6. The summed E-state index contributed by atoms with van der Waals surface area (Å²) in [6.07, 6.45) is 2.69. The van der Waals surface area contributed by atoms with Crippen molar-refractivity contribution < 1.29 is 4.74 Å². The maximum absolute atomic E-state index is 5.51. The van der Waals surface area contributed by atoms with Gasteiger partial charge in [0.25, 0.3) is 0 Å². The molecular weight excluding hydrogens is 280 g/mol. The van der Waals surface area contributed by atoms with E-state index in [4.69, 9.17) is 4.74 Å². The van der Waals surface area contributed by atoms with E-state index in [2.05, 4.69) is 52.3 Å². The lowest BCUT2D eigenvalue weighted by Gasteiger charge is -2.36. The lowest BCUT2D eigenvalue weighted by atomic mass is 10.0. The number of hydrogen-bond donors (Lipinski definition) is 1. The van der Waals surface area contributed by atoms with Crippen LogP contribution in [0.1, 0.15) is 24.4 Å². The van der Waals surface area contributed by atoms with E-state index >= 15 is 0 Å². The molecule has 2 saturated heterocycles. The zero-order chi connectivity index (χ0) is 14.3. The molecule has 1 N–H and O–H groups in total. The molecule has 21 heavy (non-hydrogen) atoms. The second-order valence-corrected chi connectivity index (χ2v) is 7.05. The predicted molar refractivity (Wildman–Crippen MR) is 89.9 cm³/mol. The van der Waals surface area contributed by atoms with E-state index in [1.165, 1.54) is 29.9 Å². The molecule has 0 bridgehead atoms. The molecule has 0 spiro atoms. The quantitative estimate of drug-likeness (QED) is 0.903. The fraction of sp³-hybridized carbons (Fsp3) is 0.647. The topological polar surface area (TPSA) is 24.5 Å². The summed E-state index contributed by atoms with van der Waals surface area (Å²) < 4.78 is 5.51. The van der Waals surface area contributed by atoms with Gasteiger partial charge in [-0.05, 0) is 24.2 Å². The van der Waals surface area contributed by atoms with Crippen molar-refractivity contribution in [3.63, 3.8) is 0 Å². The molecule has 1 aromatic carbocycles. The zero-order valence-corrected chi connectivity index (χ0v) is 13.5. The van der Waals surface area contributed by atoms with Gasteiger partial charge in [-0.2, -0.15) is 11.8 Å². The maximum Gasteiger partial charge on any atom is 0.0594 e. The van der Waals surface area contributed by atoms with Crippen molar-refractivity contribution in [1.82, 2.24) is 10.2 Å². The molecule has 3 nitrogen and oxygen atoms in total. The number of hydrogen-bond acceptors (Lipinski definition) is 4. The first-order chi connectivity index (χ1) is 10.4. The fourth-order valence-electron chi connectivity index (χ4n) is 3.20. The van der Waals surface area contributed by atoms with Gasteiger partial charge in [0.1, 0.15) is 0 Å². The molecule has 0 unspecified atom stereocenters. The summed E-state index contributed by atoms with van der Waals surface area (Å²) in [6.45, 7) is 4.86. The van der Waals surface area contributed by atoms with E-state index in [1.54, 1.807) is 0 Å². The highest BCUT2D eigenvalue weighted by Gasteiger charge is 2.23. The molecule has 0 radical (unpaired) electrons. The molecule has 0 amide bonds. The number of rotatable bonds is 5. The van der Waals surface area contributed by atoms with Gasteiger partial charge in [0.15, 0.2) is 0 Å². The van der Waals surface area contributed by atoms with Crippen molar-refractivity contribution in [2.45, 2.75) is 24.9 Å². The molecule has 3 rings (SSSR count). The summed E-state index contributed by atoms with van der Waals surface area (Å²) in [5, 5.41) is 3.81. The van der Waals surface area contributed by atoms with Crippen molar-refractivity contribution in [3.8, 4) is 0 Å². The number of benzene rings is 1. The minimum Gasteiger partial charge on any atom is -0.379 e. The van der Waals surface area contributed by atoms with Gasteiger partial charge in [0.05, 0.1) is 13.2 Å². The Balaban J connectivity index is 1.63. The van der Waals surface area contributed by atoms with E-state index in [-0.39, 0.29) is 0 Å². The Morgan fingerprint density at radius 2 is 2.05 bits per heavy atom.